The van der Waals surface area contributed by atoms with E-state index in [9.17, 15) is 4.39 Å². The molecular formula is C11H9FIN3. The first-order chi connectivity index (χ1) is 7.65. The van der Waals surface area contributed by atoms with Crippen molar-refractivity contribution >= 4 is 39.7 Å². The van der Waals surface area contributed by atoms with Crippen molar-refractivity contribution in [3.63, 3.8) is 0 Å². The predicted octanol–water partition coefficient (Wildman–Crippen LogP) is 3.15. The Morgan fingerprint density at radius 3 is 2.75 bits per heavy atom. The van der Waals surface area contributed by atoms with Gasteiger partial charge < -0.3 is 11.1 Å². The average Bonchev–Trinajstić information content (AvgIpc) is 2.22. The van der Waals surface area contributed by atoms with Crippen LogP contribution in [0.1, 0.15) is 0 Å². The number of aromatic nitrogens is 1. The third-order valence-electron chi connectivity index (χ3n) is 1.97. The minimum absolute atomic E-state index is 0.249. The molecule has 0 spiro atoms. The van der Waals surface area contributed by atoms with Crippen molar-refractivity contribution in [2.75, 3.05) is 11.1 Å². The molecule has 0 radical (unpaired) electrons. The number of anilines is 3. The summed E-state index contributed by atoms with van der Waals surface area (Å²) in [5.74, 6) is -0.249. The van der Waals surface area contributed by atoms with E-state index in [1.54, 1.807) is 24.5 Å². The number of rotatable bonds is 2. The summed E-state index contributed by atoms with van der Waals surface area (Å²) in [5, 5.41) is 3.12. The SMILES string of the molecule is Nc1cncc(Nc2ccc(F)cc2I)c1. The van der Waals surface area contributed by atoms with Crippen molar-refractivity contribution in [1.29, 1.82) is 0 Å². The molecule has 2 rings (SSSR count). The molecule has 0 bridgehead atoms. The minimum Gasteiger partial charge on any atom is -0.397 e. The number of halogens is 2. The van der Waals surface area contributed by atoms with Crippen LogP contribution in [-0.2, 0) is 0 Å². The summed E-state index contributed by atoms with van der Waals surface area (Å²) in [4.78, 5) is 3.96. The molecule has 0 saturated carbocycles. The predicted molar refractivity (Wildman–Crippen MR) is 71.0 cm³/mol. The second-order valence-electron chi connectivity index (χ2n) is 3.26. The Balaban J connectivity index is 2.27. The molecule has 3 nitrogen and oxygen atoms in total. The van der Waals surface area contributed by atoms with Gasteiger partial charge >= 0.3 is 0 Å². The standard InChI is InChI=1S/C11H9FIN3/c12-7-1-2-11(10(13)3-7)16-9-4-8(14)5-15-6-9/h1-6,16H,14H2. The van der Waals surface area contributed by atoms with Crippen LogP contribution >= 0.6 is 22.6 Å². The second kappa shape index (κ2) is 4.65. The average molecular weight is 329 g/mol. The monoisotopic (exact) mass is 329 g/mol. The number of nitrogens with one attached hydrogen (secondary N) is 1. The molecule has 5 heteroatoms. The smallest absolute Gasteiger partial charge is 0.124 e. The summed E-state index contributed by atoms with van der Waals surface area (Å²) in [5.41, 5.74) is 7.81. The molecule has 82 valence electrons. The van der Waals surface area contributed by atoms with Crippen LogP contribution in [0.4, 0.5) is 21.5 Å². The maximum Gasteiger partial charge on any atom is 0.124 e. The van der Waals surface area contributed by atoms with Crippen LogP contribution in [0.15, 0.2) is 36.7 Å². The van der Waals surface area contributed by atoms with Gasteiger partial charge in [0.05, 0.1) is 23.3 Å². The highest BCUT2D eigenvalue weighted by Crippen LogP contribution is 2.23. The first-order valence-electron chi connectivity index (χ1n) is 4.58. The van der Waals surface area contributed by atoms with E-state index >= 15 is 0 Å². The van der Waals surface area contributed by atoms with Gasteiger partial charge in [0, 0.05) is 9.77 Å². The Hall–Kier alpha value is -1.37. The molecule has 0 atom stereocenters. The molecule has 0 fully saturated rings. The lowest BCUT2D eigenvalue weighted by Gasteiger charge is -2.08. The molecule has 0 aliphatic carbocycles. The lowest BCUT2D eigenvalue weighted by atomic mass is 10.3. The van der Waals surface area contributed by atoms with Gasteiger partial charge in [-0.25, -0.2) is 4.39 Å². The molecule has 1 aromatic heterocycles. The van der Waals surface area contributed by atoms with Crippen molar-refractivity contribution in [2.45, 2.75) is 0 Å². The van der Waals surface area contributed by atoms with Crippen LogP contribution in [-0.4, -0.2) is 4.98 Å². The molecule has 16 heavy (non-hydrogen) atoms. The van der Waals surface area contributed by atoms with Gasteiger partial charge in [0.15, 0.2) is 0 Å². The zero-order chi connectivity index (χ0) is 11.5. The fourth-order valence-electron chi connectivity index (χ4n) is 1.27. The van der Waals surface area contributed by atoms with Gasteiger partial charge in [-0.1, -0.05) is 0 Å². The lowest BCUT2D eigenvalue weighted by Crippen LogP contribution is -1.95. The quantitative estimate of drug-likeness (QED) is 0.832. The summed E-state index contributed by atoms with van der Waals surface area (Å²) in [6.45, 7) is 0. The van der Waals surface area contributed by atoms with Crippen LogP contribution in [0.5, 0.6) is 0 Å². The summed E-state index contributed by atoms with van der Waals surface area (Å²) >= 11 is 2.07. The molecule has 1 heterocycles. The number of benzene rings is 1. The highest BCUT2D eigenvalue weighted by Gasteiger charge is 2.02. The summed E-state index contributed by atoms with van der Waals surface area (Å²) < 4.78 is 13.7. The highest BCUT2D eigenvalue weighted by molar-refractivity contribution is 14.1. The summed E-state index contributed by atoms with van der Waals surface area (Å²) in [6, 6.07) is 6.32. The molecule has 0 aliphatic heterocycles. The zero-order valence-electron chi connectivity index (χ0n) is 8.24. The number of pyridine rings is 1. The normalized spacial score (nSPS) is 10.1. The van der Waals surface area contributed by atoms with Crippen molar-refractivity contribution in [1.82, 2.24) is 4.98 Å². The molecule has 3 N–H and O–H groups in total. The maximum atomic E-state index is 12.9. The van der Waals surface area contributed by atoms with Crippen LogP contribution in [0.2, 0.25) is 0 Å². The molecular weight excluding hydrogens is 320 g/mol. The van der Waals surface area contributed by atoms with Gasteiger partial charge in [0.2, 0.25) is 0 Å². The number of nitrogen functional groups attached to an aromatic ring is 1. The fourth-order valence-corrected chi connectivity index (χ4v) is 1.88. The van der Waals surface area contributed by atoms with Crippen molar-refractivity contribution in [2.24, 2.45) is 0 Å². The van der Waals surface area contributed by atoms with E-state index in [-0.39, 0.29) is 5.82 Å². The fraction of sp³-hybridized carbons (Fsp3) is 0. The first kappa shape index (κ1) is 11.1. The van der Waals surface area contributed by atoms with Crippen molar-refractivity contribution < 1.29 is 4.39 Å². The highest BCUT2D eigenvalue weighted by atomic mass is 127. The third-order valence-corrected chi connectivity index (χ3v) is 2.86. The number of hydrogen-bond donors (Lipinski definition) is 2. The van der Waals surface area contributed by atoms with Gasteiger partial charge in [-0.15, -0.1) is 0 Å². The van der Waals surface area contributed by atoms with Gasteiger partial charge in [-0.2, -0.15) is 0 Å². The van der Waals surface area contributed by atoms with E-state index in [1.807, 2.05) is 0 Å². The van der Waals surface area contributed by atoms with Gasteiger partial charge in [0.1, 0.15) is 5.82 Å². The Labute approximate surface area is 106 Å². The summed E-state index contributed by atoms with van der Waals surface area (Å²) in [6.07, 6.45) is 3.23. The maximum absolute atomic E-state index is 12.9. The molecule has 0 saturated heterocycles. The zero-order valence-corrected chi connectivity index (χ0v) is 10.4. The van der Waals surface area contributed by atoms with E-state index in [0.717, 1.165) is 14.9 Å². The van der Waals surface area contributed by atoms with E-state index in [4.69, 9.17) is 5.73 Å². The number of nitrogens with zero attached hydrogens (tertiary/aromatic N) is 1. The van der Waals surface area contributed by atoms with Gasteiger partial charge in [-0.05, 0) is 46.9 Å². The summed E-state index contributed by atoms with van der Waals surface area (Å²) in [7, 11) is 0. The Bertz CT molecular complexity index is 516. The first-order valence-corrected chi connectivity index (χ1v) is 5.65. The number of hydrogen-bond acceptors (Lipinski definition) is 3. The van der Waals surface area contributed by atoms with Crippen LogP contribution in [0, 0.1) is 9.39 Å². The molecule has 0 unspecified atom stereocenters. The Kier molecular flexibility index (Phi) is 3.23. The topological polar surface area (TPSA) is 50.9 Å². The van der Waals surface area contributed by atoms with Crippen LogP contribution < -0.4 is 11.1 Å². The lowest BCUT2D eigenvalue weighted by molar-refractivity contribution is 0.627. The second-order valence-corrected chi connectivity index (χ2v) is 4.42. The van der Waals surface area contributed by atoms with E-state index in [1.165, 1.54) is 12.1 Å². The Morgan fingerprint density at radius 1 is 1.25 bits per heavy atom. The van der Waals surface area contributed by atoms with E-state index in [2.05, 4.69) is 32.9 Å². The minimum atomic E-state index is -0.249. The van der Waals surface area contributed by atoms with Crippen LogP contribution in [0.25, 0.3) is 0 Å². The van der Waals surface area contributed by atoms with E-state index < -0.39 is 0 Å². The largest absolute Gasteiger partial charge is 0.397 e. The molecule has 2 aromatic rings. The number of nitrogens with two attached hydrogens (primary N) is 1. The molecule has 0 amide bonds. The van der Waals surface area contributed by atoms with E-state index in [0.29, 0.717) is 5.69 Å². The van der Waals surface area contributed by atoms with Crippen LogP contribution in [0.3, 0.4) is 0 Å². The molecule has 1 aromatic carbocycles. The van der Waals surface area contributed by atoms with Crippen molar-refractivity contribution in [3.8, 4) is 0 Å². The third kappa shape index (κ3) is 2.60. The van der Waals surface area contributed by atoms with Gasteiger partial charge in [0.25, 0.3) is 0 Å². The molecule has 0 aliphatic rings. The Morgan fingerprint density at radius 2 is 2.06 bits per heavy atom. The van der Waals surface area contributed by atoms with Crippen molar-refractivity contribution in [3.05, 3.63) is 46.0 Å². The van der Waals surface area contributed by atoms with Gasteiger partial charge in [-0.3, -0.25) is 4.98 Å².